The van der Waals surface area contributed by atoms with Crippen molar-refractivity contribution in [2.45, 2.75) is 25.2 Å². The second-order valence-corrected chi connectivity index (χ2v) is 4.12. The normalized spacial score (nSPS) is 15.6. The second-order valence-electron chi connectivity index (χ2n) is 3.27. The van der Waals surface area contributed by atoms with Gasteiger partial charge in [0.05, 0.1) is 16.4 Å². The van der Waals surface area contributed by atoms with Crippen LogP contribution in [-0.4, -0.2) is 27.0 Å². The molecule has 0 bridgehead atoms. The monoisotopic (exact) mass is 315 g/mol. The van der Waals surface area contributed by atoms with Gasteiger partial charge in [0.15, 0.2) is 0 Å². The van der Waals surface area contributed by atoms with Crippen LogP contribution in [-0.2, 0) is 16.9 Å². The summed E-state index contributed by atoms with van der Waals surface area (Å²) < 4.78 is 39.3. The van der Waals surface area contributed by atoms with Gasteiger partial charge in [-0.2, -0.15) is 18.3 Å². The Labute approximate surface area is 103 Å². The standard InChI is InChI=1S/C8H9BrF3N3O2/c1-2-15-5(4(9)3-14-15)7(13,6(16)17)8(10,11)12/h3H,2,13H2,1H3,(H,16,17). The molecule has 1 aromatic heterocycles. The van der Waals surface area contributed by atoms with Gasteiger partial charge in [0.2, 0.25) is 0 Å². The fraction of sp³-hybridized carbons (Fsp3) is 0.500. The SMILES string of the molecule is CCn1ncc(Br)c1C(N)(C(=O)O)C(F)(F)F. The van der Waals surface area contributed by atoms with Crippen LogP contribution in [0.2, 0.25) is 0 Å². The molecular weight excluding hydrogens is 307 g/mol. The average Bonchev–Trinajstić information content (AvgIpc) is 2.56. The number of rotatable bonds is 3. The predicted molar refractivity (Wildman–Crippen MR) is 55.2 cm³/mol. The van der Waals surface area contributed by atoms with Crippen LogP contribution in [0, 0.1) is 0 Å². The Balaban J connectivity index is 3.54. The van der Waals surface area contributed by atoms with Crippen LogP contribution in [0.3, 0.4) is 0 Å². The molecule has 1 heterocycles. The van der Waals surface area contributed by atoms with Crippen LogP contribution < -0.4 is 5.73 Å². The highest BCUT2D eigenvalue weighted by molar-refractivity contribution is 9.10. The van der Waals surface area contributed by atoms with Crippen molar-refractivity contribution in [2.75, 3.05) is 0 Å². The quantitative estimate of drug-likeness (QED) is 0.885. The fourth-order valence-electron chi connectivity index (χ4n) is 1.35. The maximum atomic E-state index is 12.8. The molecule has 17 heavy (non-hydrogen) atoms. The Morgan fingerprint density at radius 3 is 2.53 bits per heavy atom. The van der Waals surface area contributed by atoms with Crippen LogP contribution >= 0.6 is 15.9 Å². The van der Waals surface area contributed by atoms with E-state index in [4.69, 9.17) is 10.8 Å². The van der Waals surface area contributed by atoms with Crippen molar-refractivity contribution < 1.29 is 23.1 Å². The number of carbonyl (C=O) groups is 1. The summed E-state index contributed by atoms with van der Waals surface area (Å²) in [6.07, 6.45) is -4.05. The molecular formula is C8H9BrF3N3O2. The van der Waals surface area contributed by atoms with E-state index < -0.39 is 23.4 Å². The zero-order valence-electron chi connectivity index (χ0n) is 8.62. The fourth-order valence-corrected chi connectivity index (χ4v) is 1.96. The highest BCUT2D eigenvalue weighted by Crippen LogP contribution is 2.40. The average molecular weight is 316 g/mol. The summed E-state index contributed by atoms with van der Waals surface area (Å²) in [5.41, 5.74) is 0.933. The Hall–Kier alpha value is -1.09. The van der Waals surface area contributed by atoms with Crippen molar-refractivity contribution in [3.05, 3.63) is 16.4 Å². The van der Waals surface area contributed by atoms with Crippen LogP contribution in [0.25, 0.3) is 0 Å². The van der Waals surface area contributed by atoms with Crippen LogP contribution in [0.4, 0.5) is 13.2 Å². The number of carboxylic acid groups (broad SMARTS) is 1. The summed E-state index contributed by atoms with van der Waals surface area (Å²) >= 11 is 2.83. The van der Waals surface area contributed by atoms with Gasteiger partial charge in [0.1, 0.15) is 0 Å². The van der Waals surface area contributed by atoms with E-state index in [9.17, 15) is 18.0 Å². The van der Waals surface area contributed by atoms with Gasteiger partial charge in [-0.05, 0) is 22.9 Å². The minimum atomic E-state index is -5.13. The van der Waals surface area contributed by atoms with E-state index in [1.54, 1.807) is 0 Å². The van der Waals surface area contributed by atoms with Gasteiger partial charge >= 0.3 is 12.1 Å². The molecule has 1 atom stereocenters. The third-order valence-electron chi connectivity index (χ3n) is 2.25. The molecule has 5 nitrogen and oxygen atoms in total. The van der Waals surface area contributed by atoms with Gasteiger partial charge in [-0.1, -0.05) is 0 Å². The summed E-state index contributed by atoms with van der Waals surface area (Å²) in [7, 11) is 0. The third-order valence-corrected chi connectivity index (χ3v) is 2.83. The summed E-state index contributed by atoms with van der Waals surface area (Å²) in [4.78, 5) is 10.9. The lowest BCUT2D eigenvalue weighted by molar-refractivity contribution is -0.206. The Morgan fingerprint density at radius 2 is 2.18 bits per heavy atom. The summed E-state index contributed by atoms with van der Waals surface area (Å²) in [5, 5.41) is 12.4. The number of aliphatic carboxylic acids is 1. The van der Waals surface area contributed by atoms with Crippen molar-refractivity contribution in [3.8, 4) is 0 Å². The Morgan fingerprint density at radius 1 is 1.65 bits per heavy atom. The number of nitrogens with zero attached hydrogens (tertiary/aromatic N) is 2. The lowest BCUT2D eigenvalue weighted by atomic mass is 9.95. The van der Waals surface area contributed by atoms with Crippen LogP contribution in [0.5, 0.6) is 0 Å². The van der Waals surface area contributed by atoms with E-state index in [-0.39, 0.29) is 11.0 Å². The molecule has 0 saturated heterocycles. The van der Waals surface area contributed by atoms with Gasteiger partial charge in [-0.15, -0.1) is 0 Å². The smallest absolute Gasteiger partial charge is 0.423 e. The number of carboxylic acids is 1. The number of hydrogen-bond donors (Lipinski definition) is 2. The Kier molecular flexibility index (Phi) is 3.53. The van der Waals surface area contributed by atoms with Gasteiger partial charge in [0, 0.05) is 6.54 Å². The van der Waals surface area contributed by atoms with Crippen LogP contribution in [0.1, 0.15) is 12.6 Å². The molecule has 0 fully saturated rings. The number of aryl methyl sites for hydroxylation is 1. The van der Waals surface area contributed by atoms with Crippen molar-refractivity contribution >= 4 is 21.9 Å². The lowest BCUT2D eigenvalue weighted by Crippen LogP contribution is -2.57. The molecule has 0 radical (unpaired) electrons. The molecule has 1 rings (SSSR count). The van der Waals surface area contributed by atoms with E-state index in [1.165, 1.54) is 6.92 Å². The molecule has 0 aliphatic carbocycles. The van der Waals surface area contributed by atoms with Gasteiger partial charge in [0.25, 0.3) is 5.54 Å². The van der Waals surface area contributed by atoms with Crippen molar-refractivity contribution in [1.29, 1.82) is 0 Å². The van der Waals surface area contributed by atoms with E-state index in [0.717, 1.165) is 10.9 Å². The molecule has 3 N–H and O–H groups in total. The maximum Gasteiger partial charge on any atom is 0.423 e. The zero-order chi connectivity index (χ0) is 13.4. The highest BCUT2D eigenvalue weighted by atomic mass is 79.9. The largest absolute Gasteiger partial charge is 0.479 e. The second kappa shape index (κ2) is 4.30. The molecule has 0 aliphatic heterocycles. The lowest BCUT2D eigenvalue weighted by Gasteiger charge is -2.28. The summed E-state index contributed by atoms with van der Waals surface area (Å²) in [6, 6.07) is 0. The summed E-state index contributed by atoms with van der Waals surface area (Å²) in [5.74, 6) is -2.18. The maximum absolute atomic E-state index is 12.8. The molecule has 1 unspecified atom stereocenters. The number of alkyl halides is 3. The number of nitrogens with two attached hydrogens (primary N) is 1. The first kappa shape index (κ1) is 14.0. The molecule has 1 aromatic rings. The van der Waals surface area contributed by atoms with E-state index in [1.807, 2.05) is 0 Å². The summed E-state index contributed by atoms with van der Waals surface area (Å²) in [6.45, 7) is 1.60. The molecule has 0 aromatic carbocycles. The number of halogens is 4. The van der Waals surface area contributed by atoms with E-state index >= 15 is 0 Å². The minimum Gasteiger partial charge on any atom is -0.479 e. The Bertz CT molecular complexity index is 446. The van der Waals surface area contributed by atoms with Crippen molar-refractivity contribution in [3.63, 3.8) is 0 Å². The molecule has 0 spiro atoms. The van der Waals surface area contributed by atoms with E-state index in [0.29, 0.717) is 0 Å². The highest BCUT2D eigenvalue weighted by Gasteiger charge is 2.62. The first-order chi connectivity index (χ1) is 7.66. The molecule has 0 aliphatic rings. The first-order valence-corrected chi connectivity index (χ1v) is 5.26. The number of hydrogen-bond acceptors (Lipinski definition) is 3. The van der Waals surface area contributed by atoms with Gasteiger partial charge in [-0.3, -0.25) is 4.68 Å². The zero-order valence-corrected chi connectivity index (χ0v) is 10.2. The van der Waals surface area contributed by atoms with Crippen LogP contribution in [0.15, 0.2) is 10.7 Å². The van der Waals surface area contributed by atoms with Gasteiger partial charge < -0.3 is 10.8 Å². The number of aromatic nitrogens is 2. The molecule has 0 saturated carbocycles. The minimum absolute atomic E-state index is 0.0727. The molecule has 9 heteroatoms. The topological polar surface area (TPSA) is 81.1 Å². The molecule has 0 amide bonds. The van der Waals surface area contributed by atoms with Crippen molar-refractivity contribution in [1.82, 2.24) is 9.78 Å². The molecule has 96 valence electrons. The van der Waals surface area contributed by atoms with E-state index in [2.05, 4.69) is 21.0 Å². The first-order valence-electron chi connectivity index (χ1n) is 4.47. The third kappa shape index (κ3) is 2.04. The predicted octanol–water partition coefficient (Wildman–Crippen LogP) is 1.47. The van der Waals surface area contributed by atoms with Gasteiger partial charge in [-0.25, -0.2) is 4.79 Å². The van der Waals surface area contributed by atoms with Crippen molar-refractivity contribution in [2.24, 2.45) is 5.73 Å².